The summed E-state index contributed by atoms with van der Waals surface area (Å²) in [5.74, 6) is -1.04. The minimum Gasteiger partial charge on any atom is -0.505 e. The molecule has 0 spiro atoms. The fourth-order valence-corrected chi connectivity index (χ4v) is 2.46. The molecule has 0 bridgehead atoms. The third-order valence-electron chi connectivity index (χ3n) is 3.14. The SMILES string of the molecule is C=C[C@@H](c1cc(Cl)cc(F)c1O)N1CCNCC1. The monoisotopic (exact) mass is 270 g/mol. The van der Waals surface area contributed by atoms with Gasteiger partial charge >= 0.3 is 0 Å². The number of phenolic OH excluding ortho intramolecular Hbond substituents is 1. The van der Waals surface area contributed by atoms with Crippen molar-refractivity contribution in [3.05, 3.63) is 41.2 Å². The summed E-state index contributed by atoms with van der Waals surface area (Å²) in [6, 6.07) is 2.48. The number of benzene rings is 1. The van der Waals surface area contributed by atoms with Crippen molar-refractivity contribution in [3.8, 4) is 5.75 Å². The number of nitrogens with zero attached hydrogens (tertiary/aromatic N) is 1. The molecule has 0 unspecified atom stereocenters. The first-order valence-corrected chi connectivity index (χ1v) is 6.26. The standard InChI is InChI=1S/C13H16ClFN2O/c1-2-12(17-5-3-16-4-6-17)10-7-9(14)8-11(15)13(10)18/h2,7-8,12,16,18H,1,3-6H2/t12-/m0/s1. The number of piperazine rings is 1. The molecule has 18 heavy (non-hydrogen) atoms. The minimum atomic E-state index is -0.695. The Balaban J connectivity index is 2.34. The fraction of sp³-hybridized carbons (Fsp3) is 0.385. The normalized spacial score (nSPS) is 18.6. The summed E-state index contributed by atoms with van der Waals surface area (Å²) in [6.45, 7) is 7.16. The highest BCUT2D eigenvalue weighted by Gasteiger charge is 2.23. The van der Waals surface area contributed by atoms with Gasteiger partial charge in [0.05, 0.1) is 6.04 Å². The van der Waals surface area contributed by atoms with E-state index in [2.05, 4.69) is 16.8 Å². The summed E-state index contributed by atoms with van der Waals surface area (Å²) in [6.07, 6.45) is 1.70. The lowest BCUT2D eigenvalue weighted by molar-refractivity contribution is 0.200. The molecule has 0 radical (unpaired) electrons. The van der Waals surface area contributed by atoms with Crippen molar-refractivity contribution in [1.29, 1.82) is 0 Å². The largest absolute Gasteiger partial charge is 0.505 e. The number of phenols is 1. The van der Waals surface area contributed by atoms with Gasteiger partial charge in [-0.1, -0.05) is 17.7 Å². The predicted octanol–water partition coefficient (Wildman–Crippen LogP) is 2.32. The van der Waals surface area contributed by atoms with Crippen LogP contribution in [0.3, 0.4) is 0 Å². The van der Waals surface area contributed by atoms with E-state index in [1.54, 1.807) is 12.1 Å². The highest BCUT2D eigenvalue weighted by molar-refractivity contribution is 6.30. The van der Waals surface area contributed by atoms with Gasteiger partial charge in [0.1, 0.15) is 0 Å². The fourth-order valence-electron chi connectivity index (χ4n) is 2.24. The van der Waals surface area contributed by atoms with Crippen LogP contribution < -0.4 is 5.32 Å². The summed E-state index contributed by atoms with van der Waals surface area (Å²) in [5, 5.41) is 13.4. The molecule has 1 heterocycles. The third-order valence-corrected chi connectivity index (χ3v) is 3.36. The Morgan fingerprint density at radius 3 is 2.72 bits per heavy atom. The molecule has 0 aliphatic carbocycles. The second-order valence-corrected chi connectivity index (χ2v) is 4.73. The Kier molecular flexibility index (Phi) is 4.22. The summed E-state index contributed by atoms with van der Waals surface area (Å²) < 4.78 is 13.5. The maximum absolute atomic E-state index is 13.5. The highest BCUT2D eigenvalue weighted by Crippen LogP contribution is 2.34. The number of hydrogen-bond acceptors (Lipinski definition) is 3. The number of hydrogen-bond donors (Lipinski definition) is 2. The zero-order valence-electron chi connectivity index (χ0n) is 10.00. The lowest BCUT2D eigenvalue weighted by Gasteiger charge is -2.33. The average Bonchev–Trinajstić information content (AvgIpc) is 2.37. The molecular formula is C13H16ClFN2O. The average molecular weight is 271 g/mol. The van der Waals surface area contributed by atoms with E-state index in [9.17, 15) is 9.50 Å². The Hall–Kier alpha value is -1.10. The van der Waals surface area contributed by atoms with Gasteiger partial charge in [0, 0.05) is 36.8 Å². The maximum atomic E-state index is 13.5. The van der Waals surface area contributed by atoms with Crippen molar-refractivity contribution in [1.82, 2.24) is 10.2 Å². The molecule has 1 atom stereocenters. The molecule has 1 aromatic rings. The van der Waals surface area contributed by atoms with Crippen LogP contribution in [-0.4, -0.2) is 36.2 Å². The van der Waals surface area contributed by atoms with Crippen LogP contribution >= 0.6 is 11.6 Å². The van der Waals surface area contributed by atoms with Crippen molar-refractivity contribution in [3.63, 3.8) is 0 Å². The molecule has 1 saturated heterocycles. The van der Waals surface area contributed by atoms with Crippen molar-refractivity contribution in [2.24, 2.45) is 0 Å². The minimum absolute atomic E-state index is 0.222. The number of aromatic hydroxyl groups is 1. The molecule has 2 N–H and O–H groups in total. The van der Waals surface area contributed by atoms with E-state index >= 15 is 0 Å². The Bertz CT molecular complexity index is 447. The van der Waals surface area contributed by atoms with E-state index in [-0.39, 0.29) is 16.8 Å². The van der Waals surface area contributed by atoms with Gasteiger partial charge in [-0.15, -0.1) is 6.58 Å². The smallest absolute Gasteiger partial charge is 0.166 e. The van der Waals surface area contributed by atoms with E-state index < -0.39 is 5.82 Å². The third kappa shape index (κ3) is 2.66. The van der Waals surface area contributed by atoms with Crippen molar-refractivity contribution in [2.45, 2.75) is 6.04 Å². The first-order chi connectivity index (χ1) is 8.63. The molecule has 1 aliphatic rings. The first-order valence-electron chi connectivity index (χ1n) is 5.88. The molecule has 1 aliphatic heterocycles. The zero-order chi connectivity index (χ0) is 13.1. The molecule has 2 rings (SSSR count). The number of nitrogens with one attached hydrogen (secondary N) is 1. The summed E-state index contributed by atoms with van der Waals surface area (Å²) in [5.41, 5.74) is 0.469. The van der Waals surface area contributed by atoms with E-state index in [0.717, 1.165) is 32.2 Å². The van der Waals surface area contributed by atoms with Crippen LogP contribution in [0.5, 0.6) is 5.75 Å². The summed E-state index contributed by atoms with van der Waals surface area (Å²) >= 11 is 5.85. The van der Waals surface area contributed by atoms with Crippen LogP contribution in [0, 0.1) is 5.82 Å². The van der Waals surface area contributed by atoms with Crippen LogP contribution in [0.15, 0.2) is 24.8 Å². The van der Waals surface area contributed by atoms with Gasteiger partial charge in [0.2, 0.25) is 0 Å². The molecule has 1 aromatic carbocycles. The number of halogens is 2. The topological polar surface area (TPSA) is 35.5 Å². The van der Waals surface area contributed by atoms with E-state index in [4.69, 9.17) is 11.6 Å². The maximum Gasteiger partial charge on any atom is 0.166 e. The molecule has 0 aromatic heterocycles. The van der Waals surface area contributed by atoms with Crippen LogP contribution in [0.1, 0.15) is 11.6 Å². The second-order valence-electron chi connectivity index (χ2n) is 4.29. The molecule has 98 valence electrons. The van der Waals surface area contributed by atoms with E-state index in [1.165, 1.54) is 0 Å². The molecule has 0 amide bonds. The van der Waals surface area contributed by atoms with E-state index in [1.807, 2.05) is 0 Å². The van der Waals surface area contributed by atoms with Gasteiger partial charge in [-0.25, -0.2) is 4.39 Å². The lowest BCUT2D eigenvalue weighted by Crippen LogP contribution is -2.44. The van der Waals surface area contributed by atoms with Crippen LogP contribution in [0.4, 0.5) is 4.39 Å². The number of rotatable bonds is 3. The van der Waals surface area contributed by atoms with Crippen LogP contribution in [-0.2, 0) is 0 Å². The van der Waals surface area contributed by atoms with Crippen molar-refractivity contribution < 1.29 is 9.50 Å². The molecular weight excluding hydrogens is 255 g/mol. The van der Waals surface area contributed by atoms with Gasteiger partial charge in [-0.3, -0.25) is 4.90 Å². The second kappa shape index (κ2) is 5.69. The van der Waals surface area contributed by atoms with Crippen LogP contribution in [0.25, 0.3) is 0 Å². The molecule has 3 nitrogen and oxygen atoms in total. The zero-order valence-corrected chi connectivity index (χ0v) is 10.8. The van der Waals surface area contributed by atoms with Gasteiger partial charge in [-0.2, -0.15) is 0 Å². The molecule has 1 fully saturated rings. The Labute approximate surface area is 111 Å². The summed E-state index contributed by atoms with van der Waals surface area (Å²) in [4.78, 5) is 2.13. The summed E-state index contributed by atoms with van der Waals surface area (Å²) in [7, 11) is 0. The van der Waals surface area contributed by atoms with Crippen molar-refractivity contribution in [2.75, 3.05) is 26.2 Å². The lowest BCUT2D eigenvalue weighted by atomic mass is 10.0. The van der Waals surface area contributed by atoms with Crippen LogP contribution in [0.2, 0.25) is 5.02 Å². The molecule has 0 saturated carbocycles. The van der Waals surface area contributed by atoms with Gasteiger partial charge in [0.25, 0.3) is 0 Å². The molecule has 5 heteroatoms. The predicted molar refractivity (Wildman–Crippen MR) is 70.5 cm³/mol. The van der Waals surface area contributed by atoms with E-state index in [0.29, 0.717) is 5.56 Å². The van der Waals surface area contributed by atoms with Gasteiger partial charge < -0.3 is 10.4 Å². The highest BCUT2D eigenvalue weighted by atomic mass is 35.5. The Morgan fingerprint density at radius 2 is 2.11 bits per heavy atom. The quantitative estimate of drug-likeness (QED) is 0.828. The van der Waals surface area contributed by atoms with Crippen molar-refractivity contribution >= 4 is 11.6 Å². The van der Waals surface area contributed by atoms with Gasteiger partial charge in [0.15, 0.2) is 11.6 Å². The van der Waals surface area contributed by atoms with Gasteiger partial charge in [-0.05, 0) is 12.1 Å². The Morgan fingerprint density at radius 1 is 1.44 bits per heavy atom. The first kappa shape index (κ1) is 13.3.